The predicted molar refractivity (Wildman–Crippen MR) is 74.2 cm³/mol. The maximum absolute atomic E-state index is 11.8. The smallest absolute Gasteiger partial charge is 0.328 e. The highest BCUT2D eigenvalue weighted by molar-refractivity contribution is 5.96. The Balaban J connectivity index is 2.56. The van der Waals surface area contributed by atoms with E-state index in [1.165, 1.54) is 0 Å². The summed E-state index contributed by atoms with van der Waals surface area (Å²) in [5.41, 5.74) is 6.05. The second-order valence-electron chi connectivity index (χ2n) is 4.61. The summed E-state index contributed by atoms with van der Waals surface area (Å²) in [6.45, 7) is 3.67. The number of ketones is 1. The van der Waals surface area contributed by atoms with Gasteiger partial charge >= 0.3 is 5.97 Å². The van der Waals surface area contributed by atoms with Crippen LogP contribution in [0, 0.1) is 0 Å². The third-order valence-electron chi connectivity index (χ3n) is 2.77. The van der Waals surface area contributed by atoms with Gasteiger partial charge < -0.3 is 10.5 Å². The number of hydrogen-bond donors (Lipinski definition) is 1. The molecule has 0 fully saturated rings. The number of unbranched alkanes of at least 4 members (excludes halogenated alkanes) is 2. The standard InChI is InChI=1S/C15H21NO3/c1-3-4-5-6-14(17)12-7-9-13(10-8-12)19-15(18)11(2)16/h7-11H,3-6,16H2,1-2H3/t11-/m0/s1. The Morgan fingerprint density at radius 2 is 1.84 bits per heavy atom. The normalized spacial score (nSPS) is 11.9. The molecule has 0 amide bonds. The van der Waals surface area contributed by atoms with Gasteiger partial charge in [0, 0.05) is 12.0 Å². The number of Topliss-reactive ketones (excluding diaryl/α,β-unsaturated/α-hetero) is 1. The maximum atomic E-state index is 11.8. The third kappa shape index (κ3) is 5.22. The zero-order chi connectivity index (χ0) is 14.3. The fraction of sp³-hybridized carbons (Fsp3) is 0.467. The molecule has 1 rings (SSSR count). The molecule has 0 aliphatic carbocycles. The van der Waals surface area contributed by atoms with Crippen molar-refractivity contribution in [2.75, 3.05) is 0 Å². The van der Waals surface area contributed by atoms with Crippen LogP contribution in [-0.2, 0) is 4.79 Å². The van der Waals surface area contributed by atoms with Crippen molar-refractivity contribution in [2.24, 2.45) is 5.73 Å². The molecule has 0 heterocycles. The van der Waals surface area contributed by atoms with E-state index in [1.807, 2.05) is 0 Å². The molecular formula is C15H21NO3. The first-order valence-corrected chi connectivity index (χ1v) is 6.65. The van der Waals surface area contributed by atoms with Gasteiger partial charge in [-0.2, -0.15) is 0 Å². The number of carbonyl (C=O) groups is 2. The summed E-state index contributed by atoms with van der Waals surface area (Å²) in [5.74, 6) is 0.0490. The fourth-order valence-corrected chi connectivity index (χ4v) is 1.60. The van der Waals surface area contributed by atoms with Crippen LogP contribution in [0.25, 0.3) is 0 Å². The van der Waals surface area contributed by atoms with E-state index < -0.39 is 12.0 Å². The van der Waals surface area contributed by atoms with Crippen LogP contribution < -0.4 is 10.5 Å². The Bertz CT molecular complexity index is 424. The summed E-state index contributed by atoms with van der Waals surface area (Å²) in [7, 11) is 0. The minimum absolute atomic E-state index is 0.124. The molecule has 19 heavy (non-hydrogen) atoms. The number of esters is 1. The molecule has 4 heteroatoms. The number of carbonyl (C=O) groups excluding carboxylic acids is 2. The molecule has 0 spiro atoms. The third-order valence-corrected chi connectivity index (χ3v) is 2.77. The summed E-state index contributed by atoms with van der Waals surface area (Å²) >= 11 is 0. The first-order chi connectivity index (χ1) is 9.04. The zero-order valence-electron chi connectivity index (χ0n) is 11.5. The van der Waals surface area contributed by atoms with Crippen LogP contribution in [0.1, 0.15) is 49.9 Å². The quantitative estimate of drug-likeness (QED) is 0.355. The monoisotopic (exact) mass is 263 g/mol. The molecular weight excluding hydrogens is 242 g/mol. The highest BCUT2D eigenvalue weighted by Gasteiger charge is 2.11. The second-order valence-corrected chi connectivity index (χ2v) is 4.61. The fourth-order valence-electron chi connectivity index (χ4n) is 1.60. The Kier molecular flexibility index (Phi) is 6.22. The van der Waals surface area contributed by atoms with E-state index in [2.05, 4.69) is 6.92 Å². The molecule has 0 saturated heterocycles. The van der Waals surface area contributed by atoms with Gasteiger partial charge in [-0.1, -0.05) is 19.8 Å². The lowest BCUT2D eigenvalue weighted by Crippen LogP contribution is -2.30. The molecule has 2 N–H and O–H groups in total. The van der Waals surface area contributed by atoms with Gasteiger partial charge in [0.1, 0.15) is 11.8 Å². The number of nitrogens with two attached hydrogens (primary N) is 1. The van der Waals surface area contributed by atoms with Crippen LogP contribution >= 0.6 is 0 Å². The Labute approximate surface area is 113 Å². The van der Waals surface area contributed by atoms with Gasteiger partial charge in [0.05, 0.1) is 0 Å². The molecule has 0 aliphatic heterocycles. The summed E-state index contributed by atoms with van der Waals surface area (Å²) in [6.07, 6.45) is 3.64. The molecule has 1 aromatic carbocycles. The zero-order valence-corrected chi connectivity index (χ0v) is 11.5. The first kappa shape index (κ1) is 15.4. The number of ether oxygens (including phenoxy) is 1. The largest absolute Gasteiger partial charge is 0.425 e. The Morgan fingerprint density at radius 3 is 2.37 bits per heavy atom. The van der Waals surface area contributed by atoms with E-state index in [-0.39, 0.29) is 5.78 Å². The van der Waals surface area contributed by atoms with Gasteiger partial charge in [-0.15, -0.1) is 0 Å². The molecule has 1 atom stereocenters. The van der Waals surface area contributed by atoms with Crippen molar-refractivity contribution < 1.29 is 14.3 Å². The summed E-state index contributed by atoms with van der Waals surface area (Å²) in [4.78, 5) is 23.1. The van der Waals surface area contributed by atoms with Gasteiger partial charge in [-0.3, -0.25) is 4.79 Å². The summed E-state index contributed by atoms with van der Waals surface area (Å²) in [5, 5.41) is 0. The summed E-state index contributed by atoms with van der Waals surface area (Å²) < 4.78 is 5.03. The van der Waals surface area contributed by atoms with Crippen LogP contribution in [0.5, 0.6) is 5.75 Å². The molecule has 0 bridgehead atoms. The van der Waals surface area contributed by atoms with Crippen LogP contribution in [0.2, 0.25) is 0 Å². The number of rotatable bonds is 7. The van der Waals surface area contributed by atoms with E-state index >= 15 is 0 Å². The molecule has 104 valence electrons. The van der Waals surface area contributed by atoms with Crippen molar-refractivity contribution in [2.45, 2.75) is 45.6 Å². The molecule has 0 aromatic heterocycles. The van der Waals surface area contributed by atoms with Crippen LogP contribution in [0.4, 0.5) is 0 Å². The van der Waals surface area contributed by atoms with Crippen molar-refractivity contribution in [1.29, 1.82) is 0 Å². The van der Waals surface area contributed by atoms with Gasteiger partial charge in [-0.25, -0.2) is 4.79 Å². The Morgan fingerprint density at radius 1 is 1.21 bits per heavy atom. The van der Waals surface area contributed by atoms with Crippen molar-refractivity contribution >= 4 is 11.8 Å². The van der Waals surface area contributed by atoms with Gasteiger partial charge in [0.15, 0.2) is 5.78 Å². The topological polar surface area (TPSA) is 69.4 Å². The SMILES string of the molecule is CCCCCC(=O)c1ccc(OC(=O)[C@H](C)N)cc1. The average Bonchev–Trinajstić information content (AvgIpc) is 2.39. The lowest BCUT2D eigenvalue weighted by atomic mass is 10.0. The van der Waals surface area contributed by atoms with Crippen molar-refractivity contribution in [3.8, 4) is 5.75 Å². The van der Waals surface area contributed by atoms with Crippen LogP contribution in [-0.4, -0.2) is 17.8 Å². The van der Waals surface area contributed by atoms with Crippen molar-refractivity contribution in [1.82, 2.24) is 0 Å². The van der Waals surface area contributed by atoms with Crippen LogP contribution in [0.15, 0.2) is 24.3 Å². The van der Waals surface area contributed by atoms with Gasteiger partial charge in [0.25, 0.3) is 0 Å². The lowest BCUT2D eigenvalue weighted by Gasteiger charge is -2.07. The van der Waals surface area contributed by atoms with E-state index in [0.717, 1.165) is 19.3 Å². The first-order valence-electron chi connectivity index (χ1n) is 6.65. The van der Waals surface area contributed by atoms with Crippen LogP contribution in [0.3, 0.4) is 0 Å². The van der Waals surface area contributed by atoms with E-state index in [9.17, 15) is 9.59 Å². The van der Waals surface area contributed by atoms with Crippen molar-refractivity contribution in [3.63, 3.8) is 0 Å². The number of hydrogen-bond acceptors (Lipinski definition) is 4. The minimum Gasteiger partial charge on any atom is -0.425 e. The number of benzene rings is 1. The molecule has 0 radical (unpaired) electrons. The highest BCUT2D eigenvalue weighted by Crippen LogP contribution is 2.15. The van der Waals surface area contributed by atoms with Crippen molar-refractivity contribution in [3.05, 3.63) is 29.8 Å². The van der Waals surface area contributed by atoms with Gasteiger partial charge in [-0.05, 0) is 37.6 Å². The molecule has 0 unspecified atom stereocenters. The minimum atomic E-state index is -0.657. The lowest BCUT2D eigenvalue weighted by molar-refractivity contribution is -0.135. The molecule has 0 saturated carbocycles. The summed E-state index contributed by atoms with van der Waals surface area (Å²) in [6, 6.07) is 5.94. The average molecular weight is 263 g/mol. The second kappa shape index (κ2) is 7.69. The van der Waals surface area contributed by atoms with E-state index in [4.69, 9.17) is 10.5 Å². The Hall–Kier alpha value is -1.68. The molecule has 4 nitrogen and oxygen atoms in total. The predicted octanol–water partition coefficient (Wildman–Crippen LogP) is 2.70. The van der Waals surface area contributed by atoms with E-state index in [1.54, 1.807) is 31.2 Å². The molecule has 0 aliphatic rings. The van der Waals surface area contributed by atoms with E-state index in [0.29, 0.717) is 17.7 Å². The highest BCUT2D eigenvalue weighted by atomic mass is 16.5. The molecule has 1 aromatic rings. The van der Waals surface area contributed by atoms with Gasteiger partial charge in [0.2, 0.25) is 0 Å². The maximum Gasteiger partial charge on any atom is 0.328 e.